The molecule has 0 heterocycles. The first kappa shape index (κ1) is 17.0. The van der Waals surface area contributed by atoms with Crippen LogP contribution in [0.2, 0.25) is 0 Å². The first-order chi connectivity index (χ1) is 9.25. The van der Waals surface area contributed by atoms with Gasteiger partial charge in [0.15, 0.2) is 0 Å². The van der Waals surface area contributed by atoms with Crippen LogP contribution >= 0.6 is 0 Å². The highest BCUT2D eigenvalue weighted by Crippen LogP contribution is 2.28. The fourth-order valence-electron chi connectivity index (χ4n) is 3.61. The number of hydrogen-bond donors (Lipinski definition) is 1. The molecule has 0 aliphatic heterocycles. The van der Waals surface area contributed by atoms with Crippen LogP contribution in [-0.4, -0.2) is 12.6 Å². The summed E-state index contributed by atoms with van der Waals surface area (Å²) in [6.07, 6.45) is 15.7. The Balaban J connectivity index is 1.92. The van der Waals surface area contributed by atoms with Crippen molar-refractivity contribution in [2.24, 2.45) is 11.8 Å². The highest BCUT2D eigenvalue weighted by molar-refractivity contribution is 4.83. The number of unbranched alkanes of at least 4 members (excludes halogenated alkanes) is 7. The molecule has 0 bridgehead atoms. The van der Waals surface area contributed by atoms with E-state index in [1.165, 1.54) is 77.2 Å². The summed E-state index contributed by atoms with van der Waals surface area (Å²) in [7, 11) is 0. The van der Waals surface area contributed by atoms with Crippen LogP contribution in [0.15, 0.2) is 0 Å². The smallest absolute Gasteiger partial charge is 0.0118 e. The minimum atomic E-state index is 0.790. The van der Waals surface area contributed by atoms with Crippen LogP contribution in [0.1, 0.15) is 91.4 Å². The molecule has 1 nitrogen and oxygen atoms in total. The highest BCUT2D eigenvalue weighted by atomic mass is 14.9. The van der Waals surface area contributed by atoms with E-state index in [2.05, 4.69) is 26.1 Å². The van der Waals surface area contributed by atoms with Crippen LogP contribution in [0.25, 0.3) is 0 Å². The molecule has 1 fully saturated rings. The largest absolute Gasteiger partial charge is 0.313 e. The fourth-order valence-corrected chi connectivity index (χ4v) is 3.61. The molecule has 2 unspecified atom stereocenters. The van der Waals surface area contributed by atoms with E-state index in [0.717, 1.165) is 17.9 Å². The summed E-state index contributed by atoms with van der Waals surface area (Å²) in [6, 6.07) is 0.790. The SMILES string of the molecule is CCCCCCCCCCNC1C(C)CCCC1C. The molecule has 1 N–H and O–H groups in total. The Kier molecular flexibility index (Phi) is 9.59. The van der Waals surface area contributed by atoms with Crippen molar-refractivity contribution in [1.82, 2.24) is 5.32 Å². The van der Waals surface area contributed by atoms with Gasteiger partial charge in [0, 0.05) is 6.04 Å². The zero-order valence-corrected chi connectivity index (χ0v) is 13.7. The predicted molar refractivity (Wildman–Crippen MR) is 86.6 cm³/mol. The second-order valence-electron chi connectivity index (χ2n) is 6.84. The molecule has 1 aliphatic rings. The van der Waals surface area contributed by atoms with Gasteiger partial charge in [-0.15, -0.1) is 0 Å². The van der Waals surface area contributed by atoms with Crippen molar-refractivity contribution < 1.29 is 0 Å². The Morgan fingerprint density at radius 3 is 1.89 bits per heavy atom. The maximum Gasteiger partial charge on any atom is 0.0118 e. The summed E-state index contributed by atoms with van der Waals surface area (Å²) >= 11 is 0. The Morgan fingerprint density at radius 1 is 0.789 bits per heavy atom. The first-order valence-electron chi connectivity index (χ1n) is 8.99. The van der Waals surface area contributed by atoms with Gasteiger partial charge in [0.05, 0.1) is 0 Å². The van der Waals surface area contributed by atoms with Crippen LogP contribution in [0.4, 0.5) is 0 Å². The van der Waals surface area contributed by atoms with Crippen LogP contribution in [-0.2, 0) is 0 Å². The molecular weight excluding hydrogens is 230 g/mol. The van der Waals surface area contributed by atoms with Crippen molar-refractivity contribution in [2.75, 3.05) is 6.54 Å². The summed E-state index contributed by atoms with van der Waals surface area (Å²) < 4.78 is 0. The maximum atomic E-state index is 3.83. The lowest BCUT2D eigenvalue weighted by Crippen LogP contribution is -2.43. The molecule has 0 aromatic rings. The Morgan fingerprint density at radius 2 is 1.32 bits per heavy atom. The highest BCUT2D eigenvalue weighted by Gasteiger charge is 2.26. The lowest BCUT2D eigenvalue weighted by molar-refractivity contribution is 0.208. The van der Waals surface area contributed by atoms with Crippen molar-refractivity contribution in [2.45, 2.75) is 97.4 Å². The van der Waals surface area contributed by atoms with Gasteiger partial charge in [-0.1, -0.05) is 72.1 Å². The van der Waals surface area contributed by atoms with Gasteiger partial charge in [-0.05, 0) is 37.6 Å². The molecule has 0 spiro atoms. The van der Waals surface area contributed by atoms with Gasteiger partial charge in [0.2, 0.25) is 0 Å². The average Bonchev–Trinajstić information content (AvgIpc) is 2.40. The molecular formula is C18H37N. The zero-order chi connectivity index (χ0) is 13.9. The third kappa shape index (κ3) is 7.34. The zero-order valence-electron chi connectivity index (χ0n) is 13.7. The van der Waals surface area contributed by atoms with Crippen molar-refractivity contribution >= 4 is 0 Å². The monoisotopic (exact) mass is 267 g/mol. The minimum absolute atomic E-state index is 0.790. The van der Waals surface area contributed by atoms with Crippen molar-refractivity contribution in [1.29, 1.82) is 0 Å². The Bertz CT molecular complexity index is 192. The molecule has 0 aromatic carbocycles. The Labute approximate surface area is 121 Å². The molecule has 19 heavy (non-hydrogen) atoms. The average molecular weight is 268 g/mol. The fraction of sp³-hybridized carbons (Fsp3) is 1.00. The van der Waals surface area contributed by atoms with E-state index in [0.29, 0.717) is 0 Å². The van der Waals surface area contributed by atoms with Crippen LogP contribution in [0.3, 0.4) is 0 Å². The van der Waals surface area contributed by atoms with E-state index in [4.69, 9.17) is 0 Å². The van der Waals surface area contributed by atoms with E-state index < -0.39 is 0 Å². The number of nitrogens with one attached hydrogen (secondary N) is 1. The summed E-state index contributed by atoms with van der Waals surface area (Å²) in [6.45, 7) is 8.40. The number of hydrogen-bond acceptors (Lipinski definition) is 1. The predicted octanol–water partition coefficient (Wildman–Crippen LogP) is 5.54. The van der Waals surface area contributed by atoms with Gasteiger partial charge in [0.1, 0.15) is 0 Å². The van der Waals surface area contributed by atoms with Crippen molar-refractivity contribution in [3.63, 3.8) is 0 Å². The molecule has 1 heteroatoms. The summed E-state index contributed by atoms with van der Waals surface area (Å²) in [5.74, 6) is 1.77. The molecule has 2 atom stereocenters. The van der Waals surface area contributed by atoms with E-state index in [-0.39, 0.29) is 0 Å². The molecule has 0 saturated heterocycles. The van der Waals surface area contributed by atoms with E-state index in [1.807, 2.05) is 0 Å². The normalized spacial score (nSPS) is 27.6. The molecule has 1 saturated carbocycles. The molecule has 0 radical (unpaired) electrons. The van der Waals surface area contributed by atoms with Gasteiger partial charge in [-0.25, -0.2) is 0 Å². The van der Waals surface area contributed by atoms with Gasteiger partial charge < -0.3 is 5.32 Å². The maximum absolute atomic E-state index is 3.83. The van der Waals surface area contributed by atoms with Gasteiger partial charge in [0.25, 0.3) is 0 Å². The minimum Gasteiger partial charge on any atom is -0.313 e. The molecule has 0 aromatic heterocycles. The molecule has 1 rings (SSSR count). The topological polar surface area (TPSA) is 12.0 Å². The summed E-state index contributed by atoms with van der Waals surface area (Å²) in [5.41, 5.74) is 0. The first-order valence-corrected chi connectivity index (χ1v) is 8.99. The molecule has 1 aliphatic carbocycles. The lowest BCUT2D eigenvalue weighted by atomic mass is 9.79. The van der Waals surface area contributed by atoms with Gasteiger partial charge >= 0.3 is 0 Å². The lowest BCUT2D eigenvalue weighted by Gasteiger charge is -2.35. The van der Waals surface area contributed by atoms with Gasteiger partial charge in [-0.2, -0.15) is 0 Å². The van der Waals surface area contributed by atoms with Crippen LogP contribution < -0.4 is 5.32 Å². The van der Waals surface area contributed by atoms with E-state index in [1.54, 1.807) is 0 Å². The van der Waals surface area contributed by atoms with E-state index >= 15 is 0 Å². The molecule has 0 amide bonds. The summed E-state index contributed by atoms with van der Waals surface area (Å²) in [4.78, 5) is 0. The van der Waals surface area contributed by atoms with Crippen LogP contribution in [0.5, 0.6) is 0 Å². The third-order valence-electron chi connectivity index (χ3n) is 4.96. The quantitative estimate of drug-likeness (QED) is 0.512. The standard InChI is InChI=1S/C18H37N/c1-4-5-6-7-8-9-10-11-15-19-18-16(2)13-12-14-17(18)3/h16-19H,4-15H2,1-3H3. The second-order valence-corrected chi connectivity index (χ2v) is 6.84. The number of rotatable bonds is 10. The van der Waals surface area contributed by atoms with Gasteiger partial charge in [-0.3, -0.25) is 0 Å². The van der Waals surface area contributed by atoms with Crippen LogP contribution in [0, 0.1) is 11.8 Å². The Hall–Kier alpha value is -0.0400. The van der Waals surface area contributed by atoms with E-state index in [9.17, 15) is 0 Å². The summed E-state index contributed by atoms with van der Waals surface area (Å²) in [5, 5.41) is 3.83. The van der Waals surface area contributed by atoms with Crippen molar-refractivity contribution in [3.05, 3.63) is 0 Å². The van der Waals surface area contributed by atoms with Crippen molar-refractivity contribution in [3.8, 4) is 0 Å². The third-order valence-corrected chi connectivity index (χ3v) is 4.96. The molecule has 114 valence electrons. The second kappa shape index (κ2) is 10.7.